The first-order chi connectivity index (χ1) is 9.72. The predicted octanol–water partition coefficient (Wildman–Crippen LogP) is 0.917. The lowest BCUT2D eigenvalue weighted by molar-refractivity contribution is -0.316. The number of carboxylic acids is 1. The second kappa shape index (κ2) is 8.51. The molecule has 8 heteroatoms. The SMILES string of the molecule is C=CC(=O)OC(C)(OC(=O)C=C)OC(=O)CCCC(=O)O. The van der Waals surface area contributed by atoms with Gasteiger partial charge >= 0.3 is 29.9 Å². The van der Waals surface area contributed by atoms with Crippen molar-refractivity contribution in [2.75, 3.05) is 0 Å². The quantitative estimate of drug-likeness (QED) is 0.379. The number of hydrogen-bond donors (Lipinski definition) is 1. The number of carbonyl (C=O) groups is 4. The first kappa shape index (κ1) is 18.4. The molecule has 1 N–H and O–H groups in total. The Bertz CT molecular complexity index is 429. The number of aliphatic carboxylic acids is 1. The molecule has 0 atom stereocenters. The van der Waals surface area contributed by atoms with E-state index in [2.05, 4.69) is 22.6 Å². The van der Waals surface area contributed by atoms with Gasteiger partial charge in [-0.3, -0.25) is 9.59 Å². The fourth-order valence-electron chi connectivity index (χ4n) is 1.15. The molecule has 0 radical (unpaired) electrons. The van der Waals surface area contributed by atoms with Crippen LogP contribution < -0.4 is 0 Å². The largest absolute Gasteiger partial charge is 0.481 e. The van der Waals surface area contributed by atoms with Crippen LogP contribution in [0.2, 0.25) is 0 Å². The molecular weight excluding hydrogens is 284 g/mol. The van der Waals surface area contributed by atoms with Crippen LogP contribution in [0.1, 0.15) is 26.2 Å². The smallest absolute Gasteiger partial charge is 0.420 e. The van der Waals surface area contributed by atoms with Crippen LogP contribution in [-0.2, 0) is 33.4 Å². The van der Waals surface area contributed by atoms with Crippen molar-refractivity contribution in [2.45, 2.75) is 32.2 Å². The highest BCUT2D eigenvalue weighted by Gasteiger charge is 2.37. The second-order valence-electron chi connectivity index (χ2n) is 3.83. The van der Waals surface area contributed by atoms with E-state index in [0.717, 1.165) is 19.1 Å². The van der Waals surface area contributed by atoms with Crippen LogP contribution in [0.3, 0.4) is 0 Å². The van der Waals surface area contributed by atoms with Crippen LogP contribution in [0, 0.1) is 0 Å². The fourth-order valence-corrected chi connectivity index (χ4v) is 1.15. The standard InChI is InChI=1S/C13H16O8/c1-4-10(16)19-13(3,20-11(17)5-2)21-12(18)8-6-7-9(14)15/h4-5H,1-2,6-8H2,3H3,(H,14,15). The van der Waals surface area contributed by atoms with E-state index >= 15 is 0 Å². The summed E-state index contributed by atoms with van der Waals surface area (Å²) in [4.78, 5) is 44.2. The Morgan fingerprint density at radius 1 is 1.00 bits per heavy atom. The van der Waals surface area contributed by atoms with Gasteiger partial charge in [0.1, 0.15) is 0 Å². The van der Waals surface area contributed by atoms with Crippen molar-refractivity contribution in [1.82, 2.24) is 0 Å². The summed E-state index contributed by atoms with van der Waals surface area (Å²) in [5.74, 6) is -6.20. The highest BCUT2D eigenvalue weighted by molar-refractivity contribution is 5.83. The van der Waals surface area contributed by atoms with Crippen molar-refractivity contribution >= 4 is 23.9 Å². The molecule has 0 saturated heterocycles. The normalized spacial score (nSPS) is 10.1. The van der Waals surface area contributed by atoms with E-state index in [0.29, 0.717) is 0 Å². The first-order valence-corrected chi connectivity index (χ1v) is 5.87. The van der Waals surface area contributed by atoms with E-state index in [1.54, 1.807) is 0 Å². The Kier molecular flexibility index (Phi) is 7.44. The number of hydrogen-bond acceptors (Lipinski definition) is 7. The molecule has 21 heavy (non-hydrogen) atoms. The minimum Gasteiger partial charge on any atom is -0.481 e. The summed E-state index contributed by atoms with van der Waals surface area (Å²) in [6.07, 6.45) is 1.12. The number of esters is 3. The van der Waals surface area contributed by atoms with Crippen LogP contribution in [-0.4, -0.2) is 35.0 Å². The Hall–Kier alpha value is -2.64. The zero-order valence-electron chi connectivity index (χ0n) is 11.5. The summed E-state index contributed by atoms with van der Waals surface area (Å²) >= 11 is 0. The van der Waals surface area contributed by atoms with Gasteiger partial charge in [0.05, 0.1) is 6.92 Å². The molecule has 116 valence electrons. The molecule has 0 aromatic rings. The van der Waals surface area contributed by atoms with Gasteiger partial charge in [0, 0.05) is 25.0 Å². The summed E-state index contributed by atoms with van der Waals surface area (Å²) in [7, 11) is 0. The summed E-state index contributed by atoms with van der Waals surface area (Å²) in [5.41, 5.74) is 0. The average Bonchev–Trinajstić information content (AvgIpc) is 2.37. The van der Waals surface area contributed by atoms with Crippen molar-refractivity contribution in [3.05, 3.63) is 25.3 Å². The van der Waals surface area contributed by atoms with Gasteiger partial charge in [-0.2, -0.15) is 0 Å². The molecule has 0 aromatic heterocycles. The highest BCUT2D eigenvalue weighted by atomic mass is 16.9. The third-order valence-corrected chi connectivity index (χ3v) is 1.98. The van der Waals surface area contributed by atoms with Crippen molar-refractivity contribution in [2.24, 2.45) is 0 Å². The third-order valence-electron chi connectivity index (χ3n) is 1.98. The second-order valence-corrected chi connectivity index (χ2v) is 3.83. The van der Waals surface area contributed by atoms with Gasteiger partial charge in [0.15, 0.2) is 0 Å². The first-order valence-electron chi connectivity index (χ1n) is 5.87. The molecule has 0 bridgehead atoms. The maximum Gasteiger partial charge on any atom is 0.420 e. The molecule has 0 unspecified atom stereocenters. The molecule has 0 aromatic carbocycles. The number of carboxylic acid groups (broad SMARTS) is 1. The fraction of sp³-hybridized carbons (Fsp3) is 0.385. The maximum absolute atomic E-state index is 11.5. The Morgan fingerprint density at radius 2 is 1.48 bits per heavy atom. The van der Waals surface area contributed by atoms with E-state index in [1.165, 1.54) is 0 Å². The predicted molar refractivity (Wildman–Crippen MR) is 68.6 cm³/mol. The van der Waals surface area contributed by atoms with Crippen molar-refractivity contribution in [3.8, 4) is 0 Å². The van der Waals surface area contributed by atoms with Crippen LogP contribution in [0.25, 0.3) is 0 Å². The van der Waals surface area contributed by atoms with Gasteiger partial charge in [-0.15, -0.1) is 0 Å². The third kappa shape index (κ3) is 8.19. The molecule has 0 heterocycles. The monoisotopic (exact) mass is 300 g/mol. The zero-order valence-corrected chi connectivity index (χ0v) is 11.5. The maximum atomic E-state index is 11.5. The number of rotatable bonds is 9. The van der Waals surface area contributed by atoms with Crippen molar-refractivity contribution in [1.29, 1.82) is 0 Å². The minimum absolute atomic E-state index is 0.0229. The minimum atomic E-state index is -2.28. The molecule has 8 nitrogen and oxygen atoms in total. The molecule has 0 amide bonds. The molecule has 0 aliphatic rings. The number of ether oxygens (including phenoxy) is 3. The van der Waals surface area contributed by atoms with Gasteiger partial charge in [0.2, 0.25) is 0 Å². The van der Waals surface area contributed by atoms with Crippen LogP contribution in [0.4, 0.5) is 0 Å². The van der Waals surface area contributed by atoms with Crippen LogP contribution in [0.15, 0.2) is 25.3 Å². The summed E-state index contributed by atoms with van der Waals surface area (Å²) in [5, 5.41) is 8.45. The molecular formula is C13H16O8. The van der Waals surface area contributed by atoms with E-state index in [1.807, 2.05) is 0 Å². The van der Waals surface area contributed by atoms with Gasteiger partial charge < -0.3 is 19.3 Å². The summed E-state index contributed by atoms with van der Waals surface area (Å²) in [6, 6.07) is 0. The van der Waals surface area contributed by atoms with Crippen molar-refractivity contribution < 1.29 is 38.5 Å². The van der Waals surface area contributed by atoms with E-state index in [9.17, 15) is 19.2 Å². The van der Waals surface area contributed by atoms with Gasteiger partial charge in [-0.05, 0) is 6.42 Å². The molecule has 0 rings (SSSR count). The summed E-state index contributed by atoms with van der Waals surface area (Å²) < 4.78 is 14.1. The molecule has 0 fully saturated rings. The lowest BCUT2D eigenvalue weighted by atomic mass is 10.2. The van der Waals surface area contributed by atoms with E-state index in [4.69, 9.17) is 9.84 Å². The highest BCUT2D eigenvalue weighted by Crippen LogP contribution is 2.17. The molecule has 0 spiro atoms. The molecule has 0 aliphatic heterocycles. The molecule has 0 saturated carbocycles. The Labute approximate surface area is 121 Å². The zero-order chi connectivity index (χ0) is 16.5. The van der Waals surface area contributed by atoms with Gasteiger partial charge in [-0.25, -0.2) is 9.59 Å². The van der Waals surface area contributed by atoms with Gasteiger partial charge in [0.25, 0.3) is 0 Å². The number of carbonyl (C=O) groups excluding carboxylic acids is 3. The average molecular weight is 300 g/mol. The Balaban J connectivity index is 4.71. The Morgan fingerprint density at radius 3 is 1.86 bits per heavy atom. The molecule has 0 aliphatic carbocycles. The lowest BCUT2D eigenvalue weighted by Gasteiger charge is -2.26. The van der Waals surface area contributed by atoms with Crippen LogP contribution in [0.5, 0.6) is 0 Å². The van der Waals surface area contributed by atoms with Crippen LogP contribution >= 0.6 is 0 Å². The lowest BCUT2D eigenvalue weighted by Crippen LogP contribution is -2.41. The van der Waals surface area contributed by atoms with Gasteiger partial charge in [-0.1, -0.05) is 13.2 Å². The van der Waals surface area contributed by atoms with Crippen molar-refractivity contribution in [3.63, 3.8) is 0 Å². The summed E-state index contributed by atoms with van der Waals surface area (Å²) in [6.45, 7) is 7.34. The van der Waals surface area contributed by atoms with E-state index < -0.39 is 29.9 Å². The topological polar surface area (TPSA) is 116 Å². The van der Waals surface area contributed by atoms with E-state index in [-0.39, 0.29) is 19.3 Å².